The Bertz CT molecular complexity index is 380. The third-order valence-corrected chi connectivity index (χ3v) is 3.34. The summed E-state index contributed by atoms with van der Waals surface area (Å²) in [5.74, 6) is 0.970. The second-order valence-corrected chi connectivity index (χ2v) is 5.12. The predicted octanol–water partition coefficient (Wildman–Crippen LogP) is 3.12. The average molecular weight is 219 g/mol. The van der Waals surface area contributed by atoms with E-state index in [2.05, 4.69) is 26.8 Å². The molecule has 2 N–H and O–H groups in total. The van der Waals surface area contributed by atoms with Crippen molar-refractivity contribution in [3.8, 4) is 5.75 Å². The zero-order valence-corrected chi connectivity index (χ0v) is 10.4. The molecule has 0 heterocycles. The van der Waals surface area contributed by atoms with E-state index in [9.17, 15) is 0 Å². The van der Waals surface area contributed by atoms with E-state index < -0.39 is 0 Å². The number of hydrogen-bond donors (Lipinski definition) is 1. The molecule has 0 aromatic heterocycles. The zero-order valence-electron chi connectivity index (χ0n) is 10.4. The van der Waals surface area contributed by atoms with Crippen molar-refractivity contribution in [2.75, 3.05) is 0 Å². The van der Waals surface area contributed by atoms with Crippen LogP contribution < -0.4 is 10.5 Å². The van der Waals surface area contributed by atoms with Crippen molar-refractivity contribution in [3.05, 3.63) is 29.3 Å². The van der Waals surface area contributed by atoms with Crippen molar-refractivity contribution in [1.82, 2.24) is 0 Å². The summed E-state index contributed by atoms with van der Waals surface area (Å²) in [7, 11) is 0. The van der Waals surface area contributed by atoms with Crippen LogP contribution in [0.15, 0.2) is 18.2 Å². The van der Waals surface area contributed by atoms with E-state index in [1.54, 1.807) is 0 Å². The highest BCUT2D eigenvalue weighted by Crippen LogP contribution is 2.44. The first-order valence-electron chi connectivity index (χ1n) is 6.08. The number of nitrogens with two attached hydrogens (primary N) is 1. The van der Waals surface area contributed by atoms with Crippen LogP contribution in [0.2, 0.25) is 0 Å². The van der Waals surface area contributed by atoms with Crippen LogP contribution in [-0.2, 0) is 5.54 Å². The maximum atomic E-state index is 6.42. The molecule has 1 aromatic rings. The molecular weight excluding hydrogens is 198 g/mol. The number of hydrogen-bond acceptors (Lipinski definition) is 2. The molecular formula is C14H21NO. The highest BCUT2D eigenvalue weighted by atomic mass is 16.5. The van der Waals surface area contributed by atoms with Crippen LogP contribution in [0.3, 0.4) is 0 Å². The highest BCUT2D eigenvalue weighted by Gasteiger charge is 2.37. The first kappa shape index (κ1) is 11.5. The number of ether oxygens (including phenoxy) is 1. The number of benzene rings is 1. The highest BCUT2D eigenvalue weighted by molar-refractivity contribution is 5.45. The third-order valence-electron chi connectivity index (χ3n) is 3.34. The van der Waals surface area contributed by atoms with E-state index in [1.165, 1.54) is 17.5 Å². The molecule has 0 amide bonds. The van der Waals surface area contributed by atoms with Crippen molar-refractivity contribution >= 4 is 0 Å². The van der Waals surface area contributed by atoms with Gasteiger partial charge in [-0.05, 0) is 51.7 Å². The fraction of sp³-hybridized carbons (Fsp3) is 0.571. The molecule has 0 unspecified atom stereocenters. The molecule has 0 spiro atoms. The molecule has 2 rings (SSSR count). The molecule has 0 aliphatic heterocycles. The Morgan fingerprint density at radius 1 is 1.31 bits per heavy atom. The minimum absolute atomic E-state index is 0.143. The van der Waals surface area contributed by atoms with Crippen molar-refractivity contribution in [3.63, 3.8) is 0 Å². The van der Waals surface area contributed by atoms with E-state index in [0.29, 0.717) is 0 Å². The minimum Gasteiger partial charge on any atom is -0.491 e. The van der Waals surface area contributed by atoms with Crippen molar-refractivity contribution in [2.45, 2.75) is 51.7 Å². The molecule has 0 saturated heterocycles. The Kier molecular flexibility index (Phi) is 2.94. The first-order chi connectivity index (χ1) is 7.53. The van der Waals surface area contributed by atoms with Gasteiger partial charge in [-0.3, -0.25) is 0 Å². The van der Waals surface area contributed by atoms with Gasteiger partial charge in [0.2, 0.25) is 0 Å². The lowest BCUT2D eigenvalue weighted by Crippen LogP contribution is -2.44. The first-order valence-corrected chi connectivity index (χ1v) is 6.08. The van der Waals surface area contributed by atoms with Crippen molar-refractivity contribution in [2.24, 2.45) is 5.73 Å². The van der Waals surface area contributed by atoms with Crippen LogP contribution in [0.4, 0.5) is 0 Å². The van der Waals surface area contributed by atoms with Gasteiger partial charge in [0.1, 0.15) is 5.75 Å². The molecule has 1 aliphatic rings. The Balaban J connectivity index is 2.40. The van der Waals surface area contributed by atoms with Crippen LogP contribution >= 0.6 is 0 Å². The fourth-order valence-electron chi connectivity index (χ4n) is 2.44. The molecule has 0 atom stereocenters. The summed E-state index contributed by atoms with van der Waals surface area (Å²) >= 11 is 0. The standard InChI is InChI=1S/C14H21NO/c1-10(2)16-12-7-4-6-11(3)13(12)14(15)8-5-9-14/h4,6-7,10H,5,8-9,15H2,1-3H3. The van der Waals surface area contributed by atoms with Crippen LogP contribution in [-0.4, -0.2) is 6.10 Å². The molecule has 2 nitrogen and oxygen atoms in total. The van der Waals surface area contributed by atoms with Crippen molar-refractivity contribution in [1.29, 1.82) is 0 Å². The van der Waals surface area contributed by atoms with E-state index in [1.807, 2.05) is 12.1 Å². The van der Waals surface area contributed by atoms with Gasteiger partial charge in [0.05, 0.1) is 6.10 Å². The normalized spacial score (nSPS) is 18.3. The van der Waals surface area contributed by atoms with Crippen LogP contribution in [0.1, 0.15) is 44.2 Å². The lowest BCUT2D eigenvalue weighted by atomic mass is 9.71. The summed E-state index contributed by atoms with van der Waals surface area (Å²) in [4.78, 5) is 0. The maximum Gasteiger partial charge on any atom is 0.125 e. The number of aryl methyl sites for hydroxylation is 1. The van der Waals surface area contributed by atoms with E-state index in [-0.39, 0.29) is 11.6 Å². The van der Waals surface area contributed by atoms with Crippen LogP contribution in [0.25, 0.3) is 0 Å². The summed E-state index contributed by atoms with van der Waals surface area (Å²) < 4.78 is 5.87. The van der Waals surface area contributed by atoms with Crippen LogP contribution in [0.5, 0.6) is 5.75 Å². The predicted molar refractivity (Wildman–Crippen MR) is 66.7 cm³/mol. The van der Waals surface area contributed by atoms with E-state index >= 15 is 0 Å². The molecule has 1 fully saturated rings. The Labute approximate surface area is 97.8 Å². The largest absolute Gasteiger partial charge is 0.491 e. The van der Waals surface area contributed by atoms with Gasteiger partial charge in [0, 0.05) is 11.1 Å². The van der Waals surface area contributed by atoms with Gasteiger partial charge in [-0.15, -0.1) is 0 Å². The van der Waals surface area contributed by atoms with E-state index in [4.69, 9.17) is 10.5 Å². The molecule has 2 heteroatoms. The zero-order chi connectivity index (χ0) is 11.8. The van der Waals surface area contributed by atoms with E-state index in [0.717, 1.165) is 18.6 Å². The molecule has 1 saturated carbocycles. The second-order valence-electron chi connectivity index (χ2n) is 5.12. The van der Waals surface area contributed by atoms with Gasteiger partial charge in [0.15, 0.2) is 0 Å². The molecule has 1 aliphatic carbocycles. The molecule has 0 bridgehead atoms. The minimum atomic E-state index is -0.143. The smallest absolute Gasteiger partial charge is 0.125 e. The van der Waals surface area contributed by atoms with Gasteiger partial charge in [-0.1, -0.05) is 12.1 Å². The second kappa shape index (κ2) is 4.10. The lowest BCUT2D eigenvalue weighted by molar-refractivity contribution is 0.209. The van der Waals surface area contributed by atoms with Gasteiger partial charge in [-0.25, -0.2) is 0 Å². The average Bonchev–Trinajstić information content (AvgIpc) is 2.14. The van der Waals surface area contributed by atoms with Crippen molar-refractivity contribution < 1.29 is 4.74 Å². The summed E-state index contributed by atoms with van der Waals surface area (Å²) in [5.41, 5.74) is 8.75. The van der Waals surface area contributed by atoms with Gasteiger partial charge in [0.25, 0.3) is 0 Å². The topological polar surface area (TPSA) is 35.2 Å². The summed E-state index contributed by atoms with van der Waals surface area (Å²) in [5, 5.41) is 0. The molecule has 88 valence electrons. The third kappa shape index (κ3) is 1.94. The van der Waals surface area contributed by atoms with Gasteiger partial charge < -0.3 is 10.5 Å². The Hall–Kier alpha value is -1.02. The quantitative estimate of drug-likeness (QED) is 0.847. The molecule has 16 heavy (non-hydrogen) atoms. The Morgan fingerprint density at radius 3 is 2.50 bits per heavy atom. The summed E-state index contributed by atoms with van der Waals surface area (Å²) in [6, 6.07) is 6.20. The lowest BCUT2D eigenvalue weighted by Gasteiger charge is -2.40. The van der Waals surface area contributed by atoms with Gasteiger partial charge >= 0.3 is 0 Å². The Morgan fingerprint density at radius 2 is 2.00 bits per heavy atom. The number of rotatable bonds is 3. The maximum absolute atomic E-state index is 6.42. The monoisotopic (exact) mass is 219 g/mol. The van der Waals surface area contributed by atoms with Crippen LogP contribution in [0, 0.1) is 6.92 Å². The summed E-state index contributed by atoms with van der Waals surface area (Å²) in [6.07, 6.45) is 3.58. The molecule has 1 aromatic carbocycles. The SMILES string of the molecule is Cc1cccc(OC(C)C)c1C1(N)CCC1. The fourth-order valence-corrected chi connectivity index (χ4v) is 2.44. The van der Waals surface area contributed by atoms with Gasteiger partial charge in [-0.2, -0.15) is 0 Å². The molecule has 0 radical (unpaired) electrons. The summed E-state index contributed by atoms with van der Waals surface area (Å²) in [6.45, 7) is 6.22.